The molecule has 6 heteroatoms. The van der Waals surface area contributed by atoms with Gasteiger partial charge < -0.3 is 20.0 Å². The lowest BCUT2D eigenvalue weighted by atomic mass is 9.86. The smallest absolute Gasteiger partial charge is 0.232 e. The third-order valence-corrected chi connectivity index (χ3v) is 5.15. The third-order valence-electron chi connectivity index (χ3n) is 4.90. The van der Waals surface area contributed by atoms with Crippen LogP contribution in [0.15, 0.2) is 72.8 Å². The van der Waals surface area contributed by atoms with Crippen LogP contribution in [0, 0.1) is 0 Å². The van der Waals surface area contributed by atoms with Crippen molar-refractivity contribution in [1.29, 1.82) is 0 Å². The summed E-state index contributed by atoms with van der Waals surface area (Å²) in [5, 5.41) is 14.7. The van der Waals surface area contributed by atoms with Gasteiger partial charge in [-0.3, -0.25) is 4.79 Å². The number of amides is 1. The fourth-order valence-electron chi connectivity index (χ4n) is 3.56. The van der Waals surface area contributed by atoms with E-state index in [2.05, 4.69) is 5.32 Å². The first-order valence-corrected chi connectivity index (χ1v) is 9.52. The van der Waals surface area contributed by atoms with E-state index in [4.69, 9.17) is 16.3 Å². The molecule has 1 amide bonds. The summed E-state index contributed by atoms with van der Waals surface area (Å²) >= 11 is 5.93. The average molecular weight is 407 g/mol. The van der Waals surface area contributed by atoms with Gasteiger partial charge in [-0.05, 0) is 29.8 Å². The average Bonchev–Trinajstić information content (AvgIpc) is 2.71. The topological polar surface area (TPSA) is 78.5 Å². The molecule has 0 aromatic heterocycles. The van der Waals surface area contributed by atoms with Crippen LogP contribution in [0.3, 0.4) is 0 Å². The Bertz CT molecular complexity index is 1020. The van der Waals surface area contributed by atoms with Crippen molar-refractivity contribution >= 4 is 23.5 Å². The monoisotopic (exact) mass is 406 g/mol. The van der Waals surface area contributed by atoms with Gasteiger partial charge in [0.25, 0.3) is 0 Å². The fraction of sp³-hybridized carbons (Fsp3) is 0.130. The van der Waals surface area contributed by atoms with E-state index in [1.165, 1.54) is 0 Å². The molecular formula is C23H17ClNO4-. The largest absolute Gasteiger partial charge is 0.550 e. The molecule has 29 heavy (non-hydrogen) atoms. The molecule has 0 saturated heterocycles. The summed E-state index contributed by atoms with van der Waals surface area (Å²) in [5.41, 5.74) is 2.10. The van der Waals surface area contributed by atoms with Gasteiger partial charge in [0.2, 0.25) is 5.91 Å². The van der Waals surface area contributed by atoms with Gasteiger partial charge in [-0.1, -0.05) is 60.1 Å². The number of carboxylic acids is 1. The van der Waals surface area contributed by atoms with Gasteiger partial charge >= 0.3 is 0 Å². The lowest BCUT2D eigenvalue weighted by Gasteiger charge is -2.29. The standard InChI is InChI=1S/C23H18ClNO4/c24-15-11-9-14(10-12-15)18(13-21(26)27)25-23(28)22-16-5-1-3-7-19(16)29-20-8-4-2-6-17(20)22/h1-12,18,22H,13H2,(H,25,28)(H,26,27)/p-1/t18-/m1/s1. The van der Waals surface area contributed by atoms with Crippen LogP contribution in [-0.4, -0.2) is 11.9 Å². The summed E-state index contributed by atoms with van der Waals surface area (Å²) in [6, 6.07) is 20.6. The van der Waals surface area contributed by atoms with E-state index >= 15 is 0 Å². The molecule has 146 valence electrons. The van der Waals surface area contributed by atoms with Crippen molar-refractivity contribution in [2.75, 3.05) is 0 Å². The number of para-hydroxylation sites is 2. The van der Waals surface area contributed by atoms with E-state index in [9.17, 15) is 14.7 Å². The zero-order valence-corrected chi connectivity index (χ0v) is 16.1. The van der Waals surface area contributed by atoms with Crippen LogP contribution < -0.4 is 15.2 Å². The minimum atomic E-state index is -1.25. The quantitative estimate of drug-likeness (QED) is 0.702. The van der Waals surface area contributed by atoms with E-state index in [1.807, 2.05) is 48.5 Å². The molecule has 0 bridgehead atoms. The van der Waals surface area contributed by atoms with Gasteiger partial charge in [-0.25, -0.2) is 0 Å². The number of fused-ring (bicyclic) bond motifs is 2. The zero-order valence-electron chi connectivity index (χ0n) is 15.3. The zero-order chi connectivity index (χ0) is 20.4. The van der Waals surface area contributed by atoms with Crippen molar-refractivity contribution in [2.24, 2.45) is 0 Å². The highest BCUT2D eigenvalue weighted by atomic mass is 35.5. The molecule has 0 saturated carbocycles. The highest BCUT2D eigenvalue weighted by Gasteiger charge is 2.33. The van der Waals surface area contributed by atoms with Crippen LogP contribution in [0.2, 0.25) is 5.02 Å². The SMILES string of the molecule is O=C([O-])C[C@@H](NC(=O)C1c2ccccc2Oc2ccccc21)c1ccc(Cl)cc1. The predicted molar refractivity (Wildman–Crippen MR) is 107 cm³/mol. The third kappa shape index (κ3) is 3.96. The van der Waals surface area contributed by atoms with E-state index in [0.29, 0.717) is 22.1 Å². The Balaban J connectivity index is 1.69. The molecule has 0 unspecified atom stereocenters. The van der Waals surface area contributed by atoms with Crippen LogP contribution in [0.25, 0.3) is 0 Å². The Kier molecular flexibility index (Phi) is 5.23. The minimum absolute atomic E-state index is 0.311. The molecule has 1 aliphatic rings. The number of ether oxygens (including phenoxy) is 1. The molecule has 3 aromatic rings. The number of rotatable bonds is 5. The molecule has 0 spiro atoms. The molecule has 1 aliphatic heterocycles. The maximum absolute atomic E-state index is 13.3. The van der Waals surface area contributed by atoms with Crippen LogP contribution in [-0.2, 0) is 9.59 Å². The second-order valence-electron chi connectivity index (χ2n) is 6.80. The number of nitrogens with one attached hydrogen (secondary N) is 1. The van der Waals surface area contributed by atoms with Gasteiger partial charge in [0.05, 0.1) is 12.0 Å². The van der Waals surface area contributed by atoms with Crippen LogP contribution in [0.5, 0.6) is 11.5 Å². The molecule has 1 N–H and O–H groups in total. The van der Waals surface area contributed by atoms with Crippen molar-refractivity contribution in [2.45, 2.75) is 18.4 Å². The van der Waals surface area contributed by atoms with E-state index in [1.54, 1.807) is 24.3 Å². The summed E-state index contributed by atoms with van der Waals surface area (Å²) in [6.45, 7) is 0. The number of halogens is 1. The summed E-state index contributed by atoms with van der Waals surface area (Å²) < 4.78 is 5.93. The molecule has 3 aromatic carbocycles. The van der Waals surface area contributed by atoms with Crippen molar-refractivity contribution in [3.8, 4) is 11.5 Å². The van der Waals surface area contributed by atoms with E-state index < -0.39 is 17.9 Å². The molecule has 1 atom stereocenters. The lowest BCUT2D eigenvalue weighted by molar-refractivity contribution is -0.306. The van der Waals surface area contributed by atoms with Crippen LogP contribution in [0.4, 0.5) is 0 Å². The Morgan fingerprint density at radius 2 is 1.48 bits per heavy atom. The van der Waals surface area contributed by atoms with E-state index in [0.717, 1.165) is 11.1 Å². The highest BCUT2D eigenvalue weighted by Crippen LogP contribution is 2.44. The number of hydrogen-bond donors (Lipinski definition) is 1. The maximum atomic E-state index is 13.3. The Hall–Kier alpha value is -3.31. The molecule has 4 rings (SSSR count). The van der Waals surface area contributed by atoms with Crippen molar-refractivity contribution in [1.82, 2.24) is 5.32 Å². The fourth-order valence-corrected chi connectivity index (χ4v) is 3.69. The summed E-state index contributed by atoms with van der Waals surface area (Å²) in [6.07, 6.45) is -0.347. The van der Waals surface area contributed by atoms with Crippen molar-refractivity contribution in [3.05, 3.63) is 94.5 Å². The maximum Gasteiger partial charge on any atom is 0.232 e. The summed E-state index contributed by atoms with van der Waals surface area (Å²) in [4.78, 5) is 24.6. The van der Waals surface area contributed by atoms with E-state index in [-0.39, 0.29) is 12.3 Å². The van der Waals surface area contributed by atoms with Gasteiger partial charge in [0.1, 0.15) is 11.5 Å². The Morgan fingerprint density at radius 1 is 0.931 bits per heavy atom. The minimum Gasteiger partial charge on any atom is -0.550 e. The molecule has 5 nitrogen and oxygen atoms in total. The van der Waals surface area contributed by atoms with Gasteiger partial charge in [0, 0.05) is 28.5 Å². The number of benzene rings is 3. The molecular weight excluding hydrogens is 390 g/mol. The normalized spacial score (nSPS) is 13.6. The van der Waals surface area contributed by atoms with Crippen LogP contribution >= 0.6 is 11.6 Å². The molecule has 1 heterocycles. The van der Waals surface area contributed by atoms with Gasteiger partial charge in [-0.15, -0.1) is 0 Å². The summed E-state index contributed by atoms with van der Waals surface area (Å²) in [7, 11) is 0. The van der Waals surface area contributed by atoms with Crippen molar-refractivity contribution < 1.29 is 19.4 Å². The first-order chi connectivity index (χ1) is 14.0. The summed E-state index contributed by atoms with van der Waals surface area (Å²) in [5.74, 6) is -0.969. The number of carboxylic acid groups (broad SMARTS) is 1. The Labute approximate surface area is 172 Å². The van der Waals surface area contributed by atoms with Crippen LogP contribution in [0.1, 0.15) is 35.1 Å². The number of hydrogen-bond acceptors (Lipinski definition) is 4. The number of carbonyl (C=O) groups is 2. The molecule has 0 radical (unpaired) electrons. The number of carbonyl (C=O) groups excluding carboxylic acids is 2. The predicted octanol–water partition coefficient (Wildman–Crippen LogP) is 3.58. The molecule has 0 aliphatic carbocycles. The second-order valence-corrected chi connectivity index (χ2v) is 7.24. The lowest BCUT2D eigenvalue weighted by Crippen LogP contribution is -2.37. The van der Waals surface area contributed by atoms with Gasteiger partial charge in [-0.2, -0.15) is 0 Å². The highest BCUT2D eigenvalue weighted by molar-refractivity contribution is 6.30. The molecule has 0 fully saturated rings. The first-order valence-electron chi connectivity index (χ1n) is 9.14. The first kappa shape index (κ1) is 19.0. The van der Waals surface area contributed by atoms with Crippen molar-refractivity contribution in [3.63, 3.8) is 0 Å². The number of aliphatic carboxylic acids is 1. The second kappa shape index (κ2) is 7.97. The van der Waals surface area contributed by atoms with Gasteiger partial charge in [0.15, 0.2) is 0 Å². The Morgan fingerprint density at radius 3 is 2.03 bits per heavy atom.